The second-order valence-electron chi connectivity index (χ2n) is 4.17. The molecule has 1 rings (SSSR count). The molecule has 1 atom stereocenters. The maximum atomic E-state index is 11.7. The van der Waals surface area contributed by atoms with Gasteiger partial charge in [0, 0.05) is 26.0 Å². The fourth-order valence-electron chi connectivity index (χ4n) is 1.58. The van der Waals surface area contributed by atoms with E-state index in [-0.39, 0.29) is 6.04 Å². The Labute approximate surface area is 113 Å². The minimum atomic E-state index is -0.435. The normalized spacial score (nSPS) is 11.9. The van der Waals surface area contributed by atoms with Crippen LogP contribution in [0, 0.1) is 0 Å². The van der Waals surface area contributed by atoms with Crippen LogP contribution < -0.4 is 11.1 Å². The van der Waals surface area contributed by atoms with Gasteiger partial charge in [-0.25, -0.2) is 9.78 Å². The van der Waals surface area contributed by atoms with Crippen LogP contribution in [0.1, 0.15) is 30.6 Å². The second-order valence-corrected chi connectivity index (χ2v) is 4.17. The zero-order valence-electron chi connectivity index (χ0n) is 11.6. The molecule has 0 aliphatic carbocycles. The van der Waals surface area contributed by atoms with Crippen molar-refractivity contribution in [2.24, 2.45) is 0 Å². The summed E-state index contributed by atoms with van der Waals surface area (Å²) >= 11 is 0. The lowest BCUT2D eigenvalue weighted by Gasteiger charge is -2.16. The molecular weight excluding hydrogens is 246 g/mol. The van der Waals surface area contributed by atoms with E-state index >= 15 is 0 Å². The van der Waals surface area contributed by atoms with Crippen LogP contribution in [0.4, 0.5) is 11.5 Å². The van der Waals surface area contributed by atoms with Crippen LogP contribution in [0.2, 0.25) is 0 Å². The standard InChI is InChI=1S/C13H21N3O3/c1-4-19-13(17)10-5-7-15-12(11(10)14)16-9(2)6-8-18-3/h5,7,9H,4,6,8,14H2,1-3H3,(H,15,16). The van der Waals surface area contributed by atoms with Crippen molar-refractivity contribution in [1.29, 1.82) is 0 Å². The molecule has 0 aliphatic rings. The number of nitrogens with one attached hydrogen (secondary N) is 1. The molecule has 106 valence electrons. The van der Waals surface area contributed by atoms with Crippen molar-refractivity contribution in [1.82, 2.24) is 4.98 Å². The van der Waals surface area contributed by atoms with Crippen molar-refractivity contribution < 1.29 is 14.3 Å². The van der Waals surface area contributed by atoms with Crippen molar-refractivity contribution in [3.8, 4) is 0 Å². The van der Waals surface area contributed by atoms with Gasteiger partial charge in [-0.15, -0.1) is 0 Å². The number of pyridine rings is 1. The molecule has 19 heavy (non-hydrogen) atoms. The third kappa shape index (κ3) is 4.40. The van der Waals surface area contributed by atoms with Gasteiger partial charge in [-0.1, -0.05) is 0 Å². The number of methoxy groups -OCH3 is 1. The number of nitrogens with zero attached hydrogens (tertiary/aromatic N) is 1. The molecule has 1 aromatic heterocycles. The van der Waals surface area contributed by atoms with Gasteiger partial charge < -0.3 is 20.5 Å². The SMILES string of the molecule is CCOC(=O)c1ccnc(NC(C)CCOC)c1N. The molecule has 0 fully saturated rings. The molecule has 0 aliphatic heterocycles. The molecule has 0 radical (unpaired) electrons. The van der Waals surface area contributed by atoms with E-state index in [4.69, 9.17) is 15.2 Å². The summed E-state index contributed by atoms with van der Waals surface area (Å²) in [6.07, 6.45) is 2.36. The first kappa shape index (κ1) is 15.2. The first-order valence-electron chi connectivity index (χ1n) is 6.27. The number of ether oxygens (including phenoxy) is 2. The predicted octanol–water partition coefficient (Wildman–Crippen LogP) is 1.68. The highest BCUT2D eigenvalue weighted by atomic mass is 16.5. The van der Waals surface area contributed by atoms with Crippen LogP contribution in [0.15, 0.2) is 12.3 Å². The maximum absolute atomic E-state index is 11.7. The van der Waals surface area contributed by atoms with Crippen LogP contribution in [-0.2, 0) is 9.47 Å². The lowest BCUT2D eigenvalue weighted by molar-refractivity contribution is 0.0527. The highest BCUT2D eigenvalue weighted by molar-refractivity contribution is 5.97. The molecule has 1 aromatic rings. The summed E-state index contributed by atoms with van der Waals surface area (Å²) in [6.45, 7) is 4.71. The topological polar surface area (TPSA) is 86.5 Å². The van der Waals surface area contributed by atoms with Gasteiger partial charge in [0.2, 0.25) is 0 Å². The Morgan fingerprint density at radius 3 is 2.95 bits per heavy atom. The second kappa shape index (κ2) is 7.58. The Bertz CT molecular complexity index is 424. The van der Waals surface area contributed by atoms with E-state index in [9.17, 15) is 4.79 Å². The number of nitrogen functional groups attached to an aromatic ring is 1. The van der Waals surface area contributed by atoms with Gasteiger partial charge in [-0.3, -0.25) is 0 Å². The summed E-state index contributed by atoms with van der Waals surface area (Å²) < 4.78 is 9.95. The van der Waals surface area contributed by atoms with Gasteiger partial charge in [0.15, 0.2) is 0 Å². The Morgan fingerprint density at radius 1 is 1.58 bits per heavy atom. The minimum Gasteiger partial charge on any atom is -0.462 e. The van der Waals surface area contributed by atoms with Crippen molar-refractivity contribution in [2.75, 3.05) is 31.4 Å². The molecule has 0 bridgehead atoms. The fraction of sp³-hybridized carbons (Fsp3) is 0.538. The molecule has 0 amide bonds. The molecule has 0 saturated carbocycles. The third-order valence-corrected chi connectivity index (χ3v) is 2.62. The fourth-order valence-corrected chi connectivity index (χ4v) is 1.58. The maximum Gasteiger partial charge on any atom is 0.340 e. The average molecular weight is 267 g/mol. The summed E-state index contributed by atoms with van der Waals surface area (Å²) in [7, 11) is 1.65. The Morgan fingerprint density at radius 2 is 2.32 bits per heavy atom. The lowest BCUT2D eigenvalue weighted by Crippen LogP contribution is -2.20. The third-order valence-electron chi connectivity index (χ3n) is 2.62. The summed E-state index contributed by atoms with van der Waals surface area (Å²) in [5.41, 5.74) is 6.58. The van der Waals surface area contributed by atoms with E-state index < -0.39 is 5.97 Å². The van der Waals surface area contributed by atoms with Gasteiger partial charge in [0.25, 0.3) is 0 Å². The van der Waals surface area contributed by atoms with Crippen LogP contribution in [0.25, 0.3) is 0 Å². The van der Waals surface area contributed by atoms with E-state index in [1.165, 1.54) is 6.20 Å². The number of anilines is 2. The summed E-state index contributed by atoms with van der Waals surface area (Å²) in [4.78, 5) is 15.8. The van der Waals surface area contributed by atoms with Crippen LogP contribution >= 0.6 is 0 Å². The molecule has 1 unspecified atom stereocenters. The number of hydrogen-bond donors (Lipinski definition) is 2. The monoisotopic (exact) mass is 267 g/mol. The number of aromatic nitrogens is 1. The van der Waals surface area contributed by atoms with Gasteiger partial charge in [-0.2, -0.15) is 0 Å². The molecule has 0 aromatic carbocycles. The van der Waals surface area contributed by atoms with Crippen LogP contribution in [-0.4, -0.2) is 37.3 Å². The Kier molecular flexibility index (Phi) is 6.08. The highest BCUT2D eigenvalue weighted by Gasteiger charge is 2.15. The lowest BCUT2D eigenvalue weighted by atomic mass is 10.2. The summed E-state index contributed by atoms with van der Waals surface area (Å²) in [5, 5.41) is 3.16. The number of rotatable bonds is 7. The predicted molar refractivity (Wildman–Crippen MR) is 74.2 cm³/mol. The molecule has 3 N–H and O–H groups in total. The van der Waals surface area contributed by atoms with E-state index in [1.807, 2.05) is 6.92 Å². The highest BCUT2D eigenvalue weighted by Crippen LogP contribution is 2.21. The first-order chi connectivity index (χ1) is 9.10. The van der Waals surface area contributed by atoms with Crippen molar-refractivity contribution >= 4 is 17.5 Å². The number of carbonyl (C=O) groups is 1. The number of nitrogens with two attached hydrogens (primary N) is 1. The van der Waals surface area contributed by atoms with Gasteiger partial charge in [0.05, 0.1) is 17.9 Å². The Balaban J connectivity index is 2.79. The van der Waals surface area contributed by atoms with E-state index in [2.05, 4.69) is 10.3 Å². The average Bonchev–Trinajstić information content (AvgIpc) is 2.39. The van der Waals surface area contributed by atoms with E-state index in [0.717, 1.165) is 6.42 Å². The molecule has 6 nitrogen and oxygen atoms in total. The van der Waals surface area contributed by atoms with E-state index in [0.29, 0.717) is 30.3 Å². The number of hydrogen-bond acceptors (Lipinski definition) is 6. The summed E-state index contributed by atoms with van der Waals surface area (Å²) in [6, 6.07) is 1.70. The van der Waals surface area contributed by atoms with E-state index in [1.54, 1.807) is 20.1 Å². The summed E-state index contributed by atoms with van der Waals surface area (Å²) in [5.74, 6) is 0.0594. The zero-order chi connectivity index (χ0) is 14.3. The van der Waals surface area contributed by atoms with Crippen molar-refractivity contribution in [3.05, 3.63) is 17.8 Å². The molecule has 0 spiro atoms. The molecule has 0 saturated heterocycles. The van der Waals surface area contributed by atoms with Crippen LogP contribution in [0.5, 0.6) is 0 Å². The van der Waals surface area contributed by atoms with Gasteiger partial charge >= 0.3 is 5.97 Å². The van der Waals surface area contributed by atoms with Gasteiger partial charge in [-0.05, 0) is 26.3 Å². The molecule has 6 heteroatoms. The molecular formula is C13H21N3O3. The number of carbonyl (C=O) groups excluding carboxylic acids is 1. The zero-order valence-corrected chi connectivity index (χ0v) is 11.6. The Hall–Kier alpha value is -1.82. The van der Waals surface area contributed by atoms with Crippen molar-refractivity contribution in [3.63, 3.8) is 0 Å². The quantitative estimate of drug-likeness (QED) is 0.731. The number of esters is 1. The smallest absolute Gasteiger partial charge is 0.340 e. The van der Waals surface area contributed by atoms with Gasteiger partial charge in [0.1, 0.15) is 5.82 Å². The first-order valence-corrected chi connectivity index (χ1v) is 6.27. The molecule has 1 heterocycles. The minimum absolute atomic E-state index is 0.146. The largest absolute Gasteiger partial charge is 0.462 e. The van der Waals surface area contributed by atoms with Crippen LogP contribution in [0.3, 0.4) is 0 Å². The van der Waals surface area contributed by atoms with Crippen molar-refractivity contribution in [2.45, 2.75) is 26.3 Å².